The second-order valence-electron chi connectivity index (χ2n) is 7.37. The Bertz CT molecular complexity index is 1330. The predicted molar refractivity (Wildman–Crippen MR) is 115 cm³/mol. The maximum Gasteiger partial charge on any atom is 0.222 e. The van der Waals surface area contributed by atoms with Crippen LogP contribution in [-0.2, 0) is 17.9 Å². The third-order valence-corrected chi connectivity index (χ3v) is 5.40. The smallest absolute Gasteiger partial charge is 0.222 e. The normalized spacial score (nSPS) is 13.1. The van der Waals surface area contributed by atoms with Crippen molar-refractivity contribution < 1.29 is 19.0 Å². The fourth-order valence-electron chi connectivity index (χ4n) is 4.02. The van der Waals surface area contributed by atoms with Gasteiger partial charge < -0.3 is 24.9 Å². The van der Waals surface area contributed by atoms with Gasteiger partial charge in [0, 0.05) is 22.2 Å². The first kappa shape index (κ1) is 19.1. The van der Waals surface area contributed by atoms with Crippen LogP contribution in [0.4, 0.5) is 15.8 Å². The highest BCUT2D eigenvalue weighted by Gasteiger charge is 2.22. The summed E-state index contributed by atoms with van der Waals surface area (Å²) < 4.78 is 26.5. The van der Waals surface area contributed by atoms with Gasteiger partial charge in [0.25, 0.3) is 0 Å². The van der Waals surface area contributed by atoms with Gasteiger partial charge in [-0.25, -0.2) is 4.39 Å². The highest BCUT2D eigenvalue weighted by molar-refractivity contribution is 5.98. The van der Waals surface area contributed by atoms with Crippen LogP contribution >= 0.6 is 0 Å². The number of hydrogen-bond acceptors (Lipinski definition) is 6. The SMILES string of the molecule is Nc1cccc(-c2ccc3c(c2)c(N=O)c(O)n3Cc2cc(F)cc3c2OCOC3)c1. The van der Waals surface area contributed by atoms with Crippen LogP contribution in [0.2, 0.25) is 0 Å². The highest BCUT2D eigenvalue weighted by Crippen LogP contribution is 2.42. The summed E-state index contributed by atoms with van der Waals surface area (Å²) in [7, 11) is 0. The summed E-state index contributed by atoms with van der Waals surface area (Å²) in [6.07, 6.45) is 0. The lowest BCUT2D eigenvalue weighted by atomic mass is 10.0. The number of hydrogen-bond donors (Lipinski definition) is 2. The summed E-state index contributed by atoms with van der Waals surface area (Å²) in [6, 6.07) is 15.5. The Balaban J connectivity index is 1.64. The third kappa shape index (κ3) is 3.27. The largest absolute Gasteiger partial charge is 0.493 e. The summed E-state index contributed by atoms with van der Waals surface area (Å²) >= 11 is 0. The molecular weight excluding hydrogens is 401 g/mol. The topological polar surface area (TPSA) is 99.1 Å². The van der Waals surface area contributed by atoms with Gasteiger partial charge in [-0.1, -0.05) is 18.2 Å². The van der Waals surface area contributed by atoms with Crippen molar-refractivity contribution in [1.29, 1.82) is 0 Å². The molecule has 0 amide bonds. The van der Waals surface area contributed by atoms with Gasteiger partial charge in [0.2, 0.25) is 5.88 Å². The van der Waals surface area contributed by atoms with Gasteiger partial charge in [0.05, 0.1) is 18.7 Å². The summed E-state index contributed by atoms with van der Waals surface area (Å²) in [4.78, 5) is 11.6. The molecule has 0 saturated heterocycles. The Hall–Kier alpha value is -3.91. The molecule has 5 rings (SSSR count). The molecule has 0 saturated carbocycles. The second-order valence-corrected chi connectivity index (χ2v) is 7.37. The summed E-state index contributed by atoms with van der Waals surface area (Å²) in [5.74, 6) is -0.206. The van der Waals surface area contributed by atoms with E-state index in [1.165, 1.54) is 16.7 Å². The molecule has 0 unspecified atom stereocenters. The van der Waals surface area contributed by atoms with Crippen LogP contribution in [0.15, 0.2) is 59.8 Å². The molecule has 0 fully saturated rings. The Kier molecular flexibility index (Phi) is 4.56. The minimum Gasteiger partial charge on any atom is -0.493 e. The molecule has 2 heterocycles. The molecule has 31 heavy (non-hydrogen) atoms. The van der Waals surface area contributed by atoms with E-state index in [1.54, 1.807) is 18.2 Å². The molecule has 3 aromatic carbocycles. The lowest BCUT2D eigenvalue weighted by molar-refractivity contribution is -0.0173. The maximum absolute atomic E-state index is 14.2. The fraction of sp³-hybridized carbons (Fsp3) is 0.130. The molecule has 0 radical (unpaired) electrons. The average molecular weight is 419 g/mol. The fourth-order valence-corrected chi connectivity index (χ4v) is 4.02. The first-order valence-electron chi connectivity index (χ1n) is 9.61. The van der Waals surface area contributed by atoms with Crippen LogP contribution in [0.1, 0.15) is 11.1 Å². The van der Waals surface area contributed by atoms with Gasteiger partial charge in [-0.3, -0.25) is 0 Å². The summed E-state index contributed by atoms with van der Waals surface area (Å²) in [6.45, 7) is 0.396. The number of anilines is 1. The van der Waals surface area contributed by atoms with Crippen LogP contribution in [0.25, 0.3) is 22.0 Å². The van der Waals surface area contributed by atoms with E-state index >= 15 is 0 Å². The van der Waals surface area contributed by atoms with Crippen molar-refractivity contribution in [3.05, 3.63) is 76.4 Å². The van der Waals surface area contributed by atoms with E-state index in [2.05, 4.69) is 5.18 Å². The van der Waals surface area contributed by atoms with Crippen molar-refractivity contribution in [3.8, 4) is 22.8 Å². The van der Waals surface area contributed by atoms with Crippen LogP contribution in [0, 0.1) is 10.7 Å². The lowest BCUT2D eigenvalue weighted by Crippen LogP contribution is -2.14. The molecule has 7 nitrogen and oxygen atoms in total. The Morgan fingerprint density at radius 1 is 1.13 bits per heavy atom. The number of fused-ring (bicyclic) bond motifs is 2. The van der Waals surface area contributed by atoms with Crippen molar-refractivity contribution in [2.24, 2.45) is 5.18 Å². The molecule has 0 atom stereocenters. The summed E-state index contributed by atoms with van der Waals surface area (Å²) in [5.41, 5.74) is 9.84. The van der Waals surface area contributed by atoms with Crippen LogP contribution in [-0.4, -0.2) is 16.5 Å². The number of ether oxygens (including phenoxy) is 2. The molecule has 1 aromatic heterocycles. The number of nitrogens with two attached hydrogens (primary N) is 1. The third-order valence-electron chi connectivity index (χ3n) is 5.40. The quantitative estimate of drug-likeness (QED) is 0.356. The average Bonchev–Trinajstić information content (AvgIpc) is 3.03. The van der Waals surface area contributed by atoms with Crippen molar-refractivity contribution >= 4 is 22.3 Å². The number of halogens is 1. The predicted octanol–water partition coefficient (Wildman–Crippen LogP) is 5.05. The molecule has 4 aromatic rings. The van der Waals surface area contributed by atoms with Gasteiger partial charge >= 0.3 is 0 Å². The van der Waals surface area contributed by atoms with E-state index in [4.69, 9.17) is 15.2 Å². The Labute approximate surface area is 176 Å². The zero-order chi connectivity index (χ0) is 21.5. The first-order chi connectivity index (χ1) is 15.0. The van der Waals surface area contributed by atoms with Crippen molar-refractivity contribution in [1.82, 2.24) is 4.57 Å². The van der Waals surface area contributed by atoms with E-state index in [0.29, 0.717) is 33.5 Å². The van der Waals surface area contributed by atoms with Gasteiger partial charge in [-0.2, -0.15) is 0 Å². The number of aromatic nitrogens is 1. The van der Waals surface area contributed by atoms with Crippen LogP contribution in [0.3, 0.4) is 0 Å². The molecular formula is C23H18FN3O4. The number of aromatic hydroxyl groups is 1. The van der Waals surface area contributed by atoms with Crippen LogP contribution in [0.5, 0.6) is 11.6 Å². The molecule has 156 valence electrons. The summed E-state index contributed by atoms with van der Waals surface area (Å²) in [5, 5.41) is 14.3. The first-order valence-corrected chi connectivity index (χ1v) is 9.61. The minimum absolute atomic E-state index is 0.0642. The standard InChI is InChI=1S/C23H18FN3O4/c24-17-6-15(22-16(7-17)11-30-12-31-22)10-27-20-5-4-14(13-2-1-3-18(25)8-13)9-19(20)21(26-29)23(27)28/h1-9,28H,10-12,25H2. The maximum atomic E-state index is 14.2. The van der Waals surface area contributed by atoms with Crippen molar-refractivity contribution in [2.75, 3.05) is 12.5 Å². The number of benzene rings is 3. The Morgan fingerprint density at radius 3 is 2.77 bits per heavy atom. The molecule has 1 aliphatic heterocycles. The van der Waals surface area contributed by atoms with E-state index < -0.39 is 5.82 Å². The van der Waals surface area contributed by atoms with E-state index in [9.17, 15) is 14.4 Å². The van der Waals surface area contributed by atoms with Gasteiger partial charge in [-0.05, 0) is 52.7 Å². The van der Waals surface area contributed by atoms with E-state index in [0.717, 1.165) is 11.1 Å². The monoisotopic (exact) mass is 419 g/mol. The van der Waals surface area contributed by atoms with E-state index in [-0.39, 0.29) is 31.5 Å². The zero-order valence-corrected chi connectivity index (χ0v) is 16.3. The molecule has 0 bridgehead atoms. The molecule has 0 spiro atoms. The van der Waals surface area contributed by atoms with E-state index in [1.807, 2.05) is 24.3 Å². The molecule has 1 aliphatic rings. The number of nitrogen functional groups attached to an aromatic ring is 1. The van der Waals surface area contributed by atoms with Gasteiger partial charge in [0.1, 0.15) is 11.6 Å². The highest BCUT2D eigenvalue weighted by atomic mass is 19.1. The lowest BCUT2D eigenvalue weighted by Gasteiger charge is -2.21. The second kappa shape index (κ2) is 7.41. The van der Waals surface area contributed by atoms with Gasteiger partial charge in [0.15, 0.2) is 12.5 Å². The molecule has 3 N–H and O–H groups in total. The minimum atomic E-state index is -0.434. The Morgan fingerprint density at radius 2 is 1.97 bits per heavy atom. The van der Waals surface area contributed by atoms with Crippen molar-refractivity contribution in [2.45, 2.75) is 13.2 Å². The zero-order valence-electron chi connectivity index (χ0n) is 16.3. The number of nitroso groups, excluding NO2 is 1. The number of nitrogens with zero attached hydrogens (tertiary/aromatic N) is 2. The van der Waals surface area contributed by atoms with Crippen LogP contribution < -0.4 is 10.5 Å². The van der Waals surface area contributed by atoms with Crippen molar-refractivity contribution in [3.63, 3.8) is 0 Å². The van der Waals surface area contributed by atoms with Gasteiger partial charge in [-0.15, -0.1) is 4.91 Å². The molecule has 0 aliphatic carbocycles. The molecule has 8 heteroatoms. The number of rotatable bonds is 4.